The van der Waals surface area contributed by atoms with Crippen molar-refractivity contribution in [2.75, 3.05) is 5.32 Å². The molecule has 1 atom stereocenters. The quantitative estimate of drug-likeness (QED) is 0.773. The number of pyridine rings is 1. The molecule has 5 rings (SSSR count). The molecule has 5 nitrogen and oxygen atoms in total. The van der Waals surface area contributed by atoms with Gasteiger partial charge in [0.05, 0.1) is 22.7 Å². The van der Waals surface area contributed by atoms with Crippen molar-refractivity contribution in [3.63, 3.8) is 0 Å². The first-order chi connectivity index (χ1) is 14.1. The minimum Gasteiger partial charge on any atom is -0.370 e. The third-order valence-electron chi connectivity index (χ3n) is 7.29. The molecule has 5 heteroatoms. The van der Waals surface area contributed by atoms with E-state index >= 15 is 0 Å². The van der Waals surface area contributed by atoms with Gasteiger partial charge < -0.3 is 10.1 Å². The number of carbonyl (C=O) groups excluding carboxylic acids is 1. The number of hydrogen-bond acceptors (Lipinski definition) is 4. The van der Waals surface area contributed by atoms with Gasteiger partial charge in [-0.2, -0.15) is 5.26 Å². The molecule has 156 valence electrons. The number of rotatable bonds is 3. The predicted octanol–water partition coefficient (Wildman–Crippen LogP) is 5.10. The molecule has 1 amide bonds. The highest BCUT2D eigenvalue weighted by Gasteiger charge is 2.75. The van der Waals surface area contributed by atoms with E-state index in [9.17, 15) is 10.1 Å². The lowest BCUT2D eigenvalue weighted by Gasteiger charge is -2.44. The summed E-state index contributed by atoms with van der Waals surface area (Å²) in [6, 6.07) is 10.8. The Labute approximate surface area is 177 Å². The Kier molecular flexibility index (Phi) is 3.93. The number of fused-ring (bicyclic) bond motifs is 1. The third-order valence-corrected chi connectivity index (χ3v) is 7.29. The van der Waals surface area contributed by atoms with Crippen molar-refractivity contribution in [3.05, 3.63) is 36.0 Å². The van der Waals surface area contributed by atoms with E-state index in [0.29, 0.717) is 18.7 Å². The maximum atomic E-state index is 13.0. The van der Waals surface area contributed by atoms with Crippen LogP contribution in [0.25, 0.3) is 10.8 Å². The summed E-state index contributed by atoms with van der Waals surface area (Å²) in [4.78, 5) is 17.5. The number of carbonyl (C=O) groups is 1. The fourth-order valence-electron chi connectivity index (χ4n) is 5.83. The fourth-order valence-corrected chi connectivity index (χ4v) is 5.83. The van der Waals surface area contributed by atoms with Crippen LogP contribution in [-0.4, -0.2) is 22.1 Å². The van der Waals surface area contributed by atoms with Crippen LogP contribution < -0.4 is 5.32 Å². The number of amides is 1. The van der Waals surface area contributed by atoms with Crippen molar-refractivity contribution in [2.45, 2.75) is 76.4 Å². The van der Waals surface area contributed by atoms with Crippen molar-refractivity contribution in [2.24, 2.45) is 11.3 Å². The van der Waals surface area contributed by atoms with Gasteiger partial charge in [-0.15, -0.1) is 0 Å². The molecule has 30 heavy (non-hydrogen) atoms. The Bertz CT molecular complexity index is 1080. The molecule has 1 aromatic heterocycles. The molecular formula is C25H29N3O2. The molecule has 1 spiro atoms. The zero-order chi connectivity index (χ0) is 21.4. The highest BCUT2D eigenvalue weighted by Crippen LogP contribution is 2.78. The summed E-state index contributed by atoms with van der Waals surface area (Å²) in [6.45, 7) is 8.16. The molecule has 3 aliphatic rings. The van der Waals surface area contributed by atoms with E-state index in [-0.39, 0.29) is 33.9 Å². The van der Waals surface area contributed by atoms with Crippen LogP contribution in [0.3, 0.4) is 0 Å². The average Bonchev–Trinajstić information content (AvgIpc) is 3.57. The predicted molar refractivity (Wildman–Crippen MR) is 116 cm³/mol. The van der Waals surface area contributed by atoms with E-state index in [2.05, 4.69) is 28.5 Å². The number of nitrogens with one attached hydrogen (secondary N) is 1. The van der Waals surface area contributed by atoms with Crippen LogP contribution in [0.4, 0.5) is 5.82 Å². The van der Waals surface area contributed by atoms with Crippen LogP contribution in [0.2, 0.25) is 0 Å². The van der Waals surface area contributed by atoms with E-state index in [1.807, 2.05) is 39.8 Å². The highest BCUT2D eigenvalue weighted by molar-refractivity contribution is 5.94. The Morgan fingerprint density at radius 1 is 1.13 bits per heavy atom. The zero-order valence-corrected chi connectivity index (χ0v) is 18.2. The highest BCUT2D eigenvalue weighted by atomic mass is 16.5. The molecule has 2 aliphatic carbocycles. The zero-order valence-electron chi connectivity index (χ0n) is 18.2. The molecule has 1 saturated heterocycles. The van der Waals surface area contributed by atoms with Gasteiger partial charge in [-0.3, -0.25) is 4.79 Å². The van der Waals surface area contributed by atoms with Gasteiger partial charge in [0.1, 0.15) is 5.82 Å². The van der Waals surface area contributed by atoms with Crippen molar-refractivity contribution in [1.29, 1.82) is 5.26 Å². The summed E-state index contributed by atoms with van der Waals surface area (Å²) in [6.07, 6.45) is 6.47. The van der Waals surface area contributed by atoms with E-state index in [0.717, 1.165) is 35.6 Å². The summed E-state index contributed by atoms with van der Waals surface area (Å²) in [5, 5.41) is 14.9. The largest absolute Gasteiger partial charge is 0.370 e. The lowest BCUT2D eigenvalue weighted by Crippen LogP contribution is -2.48. The minimum absolute atomic E-state index is 0.00456. The first-order valence-corrected chi connectivity index (χ1v) is 10.9. The van der Waals surface area contributed by atoms with E-state index in [1.54, 1.807) is 6.20 Å². The van der Waals surface area contributed by atoms with Gasteiger partial charge >= 0.3 is 0 Å². The van der Waals surface area contributed by atoms with Crippen LogP contribution in [0.1, 0.15) is 65.4 Å². The Hall–Kier alpha value is -2.45. The van der Waals surface area contributed by atoms with Crippen LogP contribution in [0.15, 0.2) is 30.5 Å². The molecule has 1 aromatic carbocycles. The summed E-state index contributed by atoms with van der Waals surface area (Å²) >= 11 is 0. The van der Waals surface area contributed by atoms with E-state index < -0.39 is 0 Å². The molecule has 3 fully saturated rings. The van der Waals surface area contributed by atoms with Gasteiger partial charge in [0.2, 0.25) is 5.91 Å². The van der Waals surface area contributed by atoms with Crippen LogP contribution in [0.5, 0.6) is 0 Å². The molecule has 1 aliphatic heterocycles. The van der Waals surface area contributed by atoms with Gasteiger partial charge in [0.25, 0.3) is 0 Å². The number of nitrogens with zero attached hydrogens (tertiary/aromatic N) is 2. The lowest BCUT2D eigenvalue weighted by atomic mass is 9.80. The molecule has 2 aromatic rings. The summed E-state index contributed by atoms with van der Waals surface area (Å²) < 4.78 is 6.11. The first-order valence-electron chi connectivity index (χ1n) is 10.9. The average molecular weight is 404 g/mol. The summed E-state index contributed by atoms with van der Waals surface area (Å²) in [5.74, 6) is 0.445. The van der Waals surface area contributed by atoms with E-state index in [4.69, 9.17) is 4.74 Å². The van der Waals surface area contributed by atoms with E-state index in [1.165, 1.54) is 0 Å². The second-order valence-electron chi connectivity index (χ2n) is 10.8. The SMILES string of the molecule is CC1(C)CC(C(=O)Nc2cc3cc(C4(C#N)CC45CC5)ccc3cn2)CC(C)(C)O1. The molecule has 0 bridgehead atoms. The van der Waals surface area contributed by atoms with Gasteiger partial charge in [-0.1, -0.05) is 12.1 Å². The van der Waals surface area contributed by atoms with Gasteiger partial charge in [0.15, 0.2) is 0 Å². The molecule has 1 unspecified atom stereocenters. The number of anilines is 1. The second kappa shape index (κ2) is 6.04. The normalized spacial score (nSPS) is 28.1. The Morgan fingerprint density at radius 2 is 1.83 bits per heavy atom. The smallest absolute Gasteiger partial charge is 0.228 e. The maximum absolute atomic E-state index is 13.0. The van der Waals surface area contributed by atoms with Crippen molar-refractivity contribution in [3.8, 4) is 6.07 Å². The van der Waals surface area contributed by atoms with Crippen LogP contribution in [0, 0.1) is 22.7 Å². The molecule has 0 radical (unpaired) electrons. The topological polar surface area (TPSA) is 75.0 Å². The molecular weight excluding hydrogens is 374 g/mol. The number of nitriles is 1. The number of hydrogen-bond donors (Lipinski definition) is 1. The Balaban J connectivity index is 1.39. The number of aromatic nitrogens is 1. The molecule has 2 saturated carbocycles. The maximum Gasteiger partial charge on any atom is 0.228 e. The van der Waals surface area contributed by atoms with Gasteiger partial charge in [-0.25, -0.2) is 4.98 Å². The Morgan fingerprint density at radius 3 is 2.43 bits per heavy atom. The van der Waals surface area contributed by atoms with Crippen molar-refractivity contribution in [1.82, 2.24) is 4.98 Å². The lowest BCUT2D eigenvalue weighted by molar-refractivity contribution is -0.176. The monoisotopic (exact) mass is 403 g/mol. The number of benzene rings is 1. The standard InChI is InChI=1S/C25H29N3O2/c1-22(2)11-18(12-23(3,4)30-22)21(29)28-20-10-17-9-19(6-5-16(17)13-27-20)25(15-26)14-24(25)7-8-24/h5-6,9-10,13,18H,7-8,11-12,14H2,1-4H3,(H,27,28,29). The molecule has 1 N–H and O–H groups in total. The summed E-state index contributed by atoms with van der Waals surface area (Å²) in [7, 11) is 0. The van der Waals surface area contributed by atoms with Crippen LogP contribution in [-0.2, 0) is 14.9 Å². The van der Waals surface area contributed by atoms with Gasteiger partial charge in [0, 0.05) is 17.5 Å². The number of ether oxygens (including phenoxy) is 1. The molecule has 2 heterocycles. The minimum atomic E-state index is -0.329. The summed E-state index contributed by atoms with van der Waals surface area (Å²) in [5.41, 5.74) is 0.371. The van der Waals surface area contributed by atoms with Crippen molar-refractivity contribution >= 4 is 22.5 Å². The third kappa shape index (κ3) is 3.09. The fraction of sp³-hybridized carbons (Fsp3) is 0.560. The van der Waals surface area contributed by atoms with Gasteiger partial charge in [-0.05, 0) is 88.3 Å². The second-order valence-corrected chi connectivity index (χ2v) is 10.8. The first kappa shape index (κ1) is 19.5. The van der Waals surface area contributed by atoms with Crippen molar-refractivity contribution < 1.29 is 9.53 Å². The van der Waals surface area contributed by atoms with Crippen LogP contribution >= 0.6 is 0 Å².